The van der Waals surface area contributed by atoms with Gasteiger partial charge in [-0.3, -0.25) is 14.4 Å². The van der Waals surface area contributed by atoms with Crippen molar-refractivity contribution < 1.29 is 57.4 Å². The van der Waals surface area contributed by atoms with Crippen LogP contribution in [-0.4, -0.2) is 116 Å². The third kappa shape index (κ3) is 34.4. The van der Waals surface area contributed by atoms with E-state index in [4.69, 9.17) is 43.0 Å². The first-order chi connectivity index (χ1) is 20.6. The number of ether oxygens (including phenoxy) is 8. The van der Waals surface area contributed by atoms with Crippen molar-refractivity contribution in [2.45, 2.75) is 84.0 Å². The number of carboxylic acid groups (broad SMARTS) is 1. The van der Waals surface area contributed by atoms with Gasteiger partial charge in [0.05, 0.1) is 79.3 Å². The number of carbonyl (C=O) groups excluding carboxylic acids is 2. The second-order valence-corrected chi connectivity index (χ2v) is 9.59. The summed E-state index contributed by atoms with van der Waals surface area (Å²) in [5.41, 5.74) is 0. The third-order valence-corrected chi connectivity index (χ3v) is 5.85. The van der Waals surface area contributed by atoms with E-state index in [-0.39, 0.29) is 44.6 Å². The number of unbranched alkanes of at least 4 members (excludes halogenated alkanes) is 7. The number of carbonyl (C=O) groups is 3. The molecule has 0 atom stereocenters. The van der Waals surface area contributed by atoms with E-state index in [1.54, 1.807) is 0 Å². The van der Waals surface area contributed by atoms with Crippen molar-refractivity contribution in [2.75, 3.05) is 92.5 Å². The largest absolute Gasteiger partial charge is 0.481 e. The highest BCUT2D eigenvalue weighted by molar-refractivity contribution is 5.70. The maximum Gasteiger partial charge on any atom is 0.305 e. The van der Waals surface area contributed by atoms with E-state index in [9.17, 15) is 14.4 Å². The molecule has 0 radical (unpaired) electrons. The zero-order valence-corrected chi connectivity index (χ0v) is 25.8. The van der Waals surface area contributed by atoms with Crippen LogP contribution in [0.5, 0.6) is 0 Å². The molecule has 0 heterocycles. The highest BCUT2D eigenvalue weighted by Crippen LogP contribution is 2.08. The molecule has 0 amide bonds. The van der Waals surface area contributed by atoms with E-state index in [2.05, 4.69) is 6.92 Å². The lowest BCUT2D eigenvalue weighted by molar-refractivity contribution is -0.146. The molecular formula is C30H56O12. The SMILES string of the molecule is CCCCCCCCCC(=O)OCCOCCOCCOCCOCCOCCOCCOC(=O)CCCCC(=O)O. The Morgan fingerprint density at radius 3 is 1.05 bits per heavy atom. The van der Waals surface area contributed by atoms with Gasteiger partial charge in [-0.2, -0.15) is 0 Å². The molecule has 1 N–H and O–H groups in total. The van der Waals surface area contributed by atoms with Crippen LogP contribution in [0.3, 0.4) is 0 Å². The number of carboxylic acids is 1. The fourth-order valence-electron chi connectivity index (χ4n) is 3.55. The third-order valence-electron chi connectivity index (χ3n) is 5.85. The number of esters is 2. The van der Waals surface area contributed by atoms with Crippen LogP contribution in [0.15, 0.2) is 0 Å². The van der Waals surface area contributed by atoms with Gasteiger partial charge in [0.2, 0.25) is 0 Å². The molecule has 0 aromatic heterocycles. The van der Waals surface area contributed by atoms with Crippen LogP contribution in [0, 0.1) is 0 Å². The summed E-state index contributed by atoms with van der Waals surface area (Å²) >= 11 is 0. The normalized spacial score (nSPS) is 11.1. The van der Waals surface area contributed by atoms with Gasteiger partial charge in [-0.25, -0.2) is 0 Å². The summed E-state index contributed by atoms with van der Waals surface area (Å²) in [5.74, 6) is -1.36. The molecule has 0 aliphatic rings. The van der Waals surface area contributed by atoms with E-state index >= 15 is 0 Å². The number of hydrogen-bond acceptors (Lipinski definition) is 11. The Kier molecular flexibility index (Phi) is 32.2. The van der Waals surface area contributed by atoms with Gasteiger partial charge in [0.25, 0.3) is 0 Å². The number of rotatable bonds is 34. The molecule has 0 spiro atoms. The smallest absolute Gasteiger partial charge is 0.305 e. The Morgan fingerprint density at radius 1 is 0.405 bits per heavy atom. The molecule has 12 heteroatoms. The van der Waals surface area contributed by atoms with Crippen LogP contribution in [0.2, 0.25) is 0 Å². The zero-order chi connectivity index (χ0) is 30.8. The Morgan fingerprint density at radius 2 is 0.690 bits per heavy atom. The van der Waals surface area contributed by atoms with E-state index in [0.717, 1.165) is 12.8 Å². The Labute approximate surface area is 252 Å². The summed E-state index contributed by atoms with van der Waals surface area (Å²) in [6.45, 7) is 7.73. The van der Waals surface area contributed by atoms with Crippen LogP contribution >= 0.6 is 0 Å². The molecule has 248 valence electrons. The summed E-state index contributed by atoms with van der Waals surface area (Å²) in [7, 11) is 0. The molecular weight excluding hydrogens is 552 g/mol. The fraction of sp³-hybridized carbons (Fsp3) is 0.900. The van der Waals surface area contributed by atoms with Crippen molar-refractivity contribution in [2.24, 2.45) is 0 Å². The number of hydrogen-bond donors (Lipinski definition) is 1. The van der Waals surface area contributed by atoms with Crippen molar-refractivity contribution in [1.82, 2.24) is 0 Å². The maximum absolute atomic E-state index is 11.7. The van der Waals surface area contributed by atoms with Gasteiger partial charge in [-0.05, 0) is 19.3 Å². The lowest BCUT2D eigenvalue weighted by Gasteiger charge is -2.09. The van der Waals surface area contributed by atoms with Gasteiger partial charge in [-0.15, -0.1) is 0 Å². The summed E-state index contributed by atoms with van der Waals surface area (Å²) in [5, 5.41) is 8.54. The van der Waals surface area contributed by atoms with Gasteiger partial charge in [0.1, 0.15) is 13.2 Å². The minimum Gasteiger partial charge on any atom is -0.481 e. The van der Waals surface area contributed by atoms with Gasteiger partial charge < -0.3 is 43.0 Å². The molecule has 0 saturated carbocycles. The van der Waals surface area contributed by atoms with Crippen LogP contribution in [0.1, 0.15) is 84.0 Å². The molecule has 0 aliphatic carbocycles. The van der Waals surface area contributed by atoms with E-state index in [0.29, 0.717) is 91.9 Å². The molecule has 0 rings (SSSR count). The minimum absolute atomic E-state index is 0.0607. The Hall–Kier alpha value is -1.83. The zero-order valence-electron chi connectivity index (χ0n) is 25.8. The van der Waals surface area contributed by atoms with Crippen LogP contribution < -0.4 is 0 Å². The maximum atomic E-state index is 11.7. The predicted octanol–water partition coefficient (Wildman–Crippen LogP) is 3.96. The quantitative estimate of drug-likeness (QED) is 0.0834. The van der Waals surface area contributed by atoms with Crippen LogP contribution in [0.4, 0.5) is 0 Å². The van der Waals surface area contributed by atoms with Crippen LogP contribution in [0.25, 0.3) is 0 Å². The first kappa shape index (κ1) is 40.2. The van der Waals surface area contributed by atoms with E-state index in [1.807, 2.05) is 0 Å². The molecule has 0 aromatic carbocycles. The van der Waals surface area contributed by atoms with E-state index in [1.165, 1.54) is 32.1 Å². The summed E-state index contributed by atoms with van der Waals surface area (Å²) < 4.78 is 42.6. The predicted molar refractivity (Wildman–Crippen MR) is 156 cm³/mol. The molecule has 0 fully saturated rings. The molecule has 0 bridgehead atoms. The topological polar surface area (TPSA) is 145 Å². The molecule has 42 heavy (non-hydrogen) atoms. The average molecular weight is 609 g/mol. The van der Waals surface area contributed by atoms with Crippen molar-refractivity contribution >= 4 is 17.9 Å². The average Bonchev–Trinajstić information content (AvgIpc) is 2.97. The molecule has 12 nitrogen and oxygen atoms in total. The highest BCUT2D eigenvalue weighted by Gasteiger charge is 2.05. The first-order valence-corrected chi connectivity index (χ1v) is 15.6. The van der Waals surface area contributed by atoms with E-state index < -0.39 is 5.97 Å². The summed E-state index contributed by atoms with van der Waals surface area (Å²) in [6, 6.07) is 0. The molecule has 0 unspecified atom stereocenters. The monoisotopic (exact) mass is 608 g/mol. The van der Waals surface area contributed by atoms with Gasteiger partial charge in [-0.1, -0.05) is 45.4 Å². The molecule has 0 aromatic rings. The fourth-order valence-corrected chi connectivity index (χ4v) is 3.55. The molecule has 0 saturated heterocycles. The van der Waals surface area contributed by atoms with Crippen molar-refractivity contribution in [3.05, 3.63) is 0 Å². The second-order valence-electron chi connectivity index (χ2n) is 9.59. The number of aliphatic carboxylic acids is 1. The standard InChI is InChI=1S/C30H56O12/c1-2-3-4-5-6-7-8-12-29(33)41-26-24-39-22-20-37-18-16-35-14-15-36-17-19-38-21-23-40-25-27-42-30(34)13-10-9-11-28(31)32/h2-27H2,1H3,(H,31,32). The van der Waals surface area contributed by atoms with Gasteiger partial charge >= 0.3 is 17.9 Å². The second kappa shape index (κ2) is 33.7. The lowest BCUT2D eigenvalue weighted by atomic mass is 10.1. The lowest BCUT2D eigenvalue weighted by Crippen LogP contribution is -2.15. The van der Waals surface area contributed by atoms with Gasteiger partial charge in [0.15, 0.2) is 0 Å². The van der Waals surface area contributed by atoms with Crippen molar-refractivity contribution in [3.8, 4) is 0 Å². The summed E-state index contributed by atoms with van der Waals surface area (Å²) in [6.07, 6.45) is 9.97. The molecule has 0 aliphatic heterocycles. The minimum atomic E-state index is -0.863. The van der Waals surface area contributed by atoms with Crippen molar-refractivity contribution in [1.29, 1.82) is 0 Å². The Bertz CT molecular complexity index is 617. The van der Waals surface area contributed by atoms with Crippen molar-refractivity contribution in [3.63, 3.8) is 0 Å². The highest BCUT2D eigenvalue weighted by atomic mass is 16.6. The first-order valence-electron chi connectivity index (χ1n) is 15.6. The summed E-state index contributed by atoms with van der Waals surface area (Å²) in [4.78, 5) is 33.5. The van der Waals surface area contributed by atoms with Gasteiger partial charge in [0, 0.05) is 19.3 Å². The Balaban J connectivity index is 3.17. The van der Waals surface area contributed by atoms with Crippen LogP contribution in [-0.2, 0) is 52.3 Å².